The van der Waals surface area contributed by atoms with Crippen LogP contribution >= 0.6 is 0 Å². The van der Waals surface area contributed by atoms with Gasteiger partial charge in [0.1, 0.15) is 17.8 Å². The molecule has 0 unspecified atom stereocenters. The lowest BCUT2D eigenvalue weighted by Gasteiger charge is -1.99. The summed E-state index contributed by atoms with van der Waals surface area (Å²) >= 11 is 0. The first-order chi connectivity index (χ1) is 5.79. The van der Waals surface area contributed by atoms with Gasteiger partial charge in [-0.1, -0.05) is 6.07 Å². The minimum absolute atomic E-state index is 0.0119. The van der Waals surface area contributed by atoms with E-state index in [9.17, 15) is 14.1 Å². The van der Waals surface area contributed by atoms with Gasteiger partial charge in [0.15, 0.2) is 0 Å². The number of carbonyl (C=O) groups is 1. The summed E-state index contributed by atoms with van der Waals surface area (Å²) < 4.78 is 12.9. The number of hydrogen-bond donors (Lipinski definition) is 0. The molecule has 0 saturated heterocycles. The highest BCUT2D eigenvalue weighted by molar-refractivity contribution is 5.61. The zero-order valence-electron chi connectivity index (χ0n) is 6.16. The summed E-state index contributed by atoms with van der Waals surface area (Å²) in [6.45, 7) is 0. The van der Waals surface area contributed by atoms with Crippen molar-refractivity contribution in [2.75, 3.05) is 0 Å². The van der Waals surface area contributed by atoms with Gasteiger partial charge in [0.05, 0.1) is 0 Å². The van der Waals surface area contributed by atoms with E-state index in [1.165, 1.54) is 18.2 Å². The molecule has 12 heavy (non-hydrogen) atoms. The van der Waals surface area contributed by atoms with Crippen LogP contribution in [0.15, 0.2) is 23.4 Å². The van der Waals surface area contributed by atoms with E-state index < -0.39 is 5.82 Å². The van der Waals surface area contributed by atoms with E-state index in [-0.39, 0.29) is 17.7 Å². The third-order valence-corrected chi connectivity index (χ3v) is 1.48. The minimum atomic E-state index is -0.570. The summed E-state index contributed by atoms with van der Waals surface area (Å²) in [7, 11) is 0. The lowest BCUT2D eigenvalue weighted by molar-refractivity contribution is -0.107. The van der Waals surface area contributed by atoms with Crippen LogP contribution in [0.25, 0.3) is 0 Å². The Bertz CT molecular complexity index is 312. The molecule has 0 aromatic heterocycles. The molecule has 0 N–H and O–H groups in total. The van der Waals surface area contributed by atoms with Gasteiger partial charge in [-0.25, -0.2) is 4.39 Å². The number of carbonyl (C=O) groups excluding carboxylic acids is 1. The van der Waals surface area contributed by atoms with E-state index >= 15 is 0 Å². The SMILES string of the molecule is O=CCc1c(F)cccc1N=O. The molecule has 0 aliphatic carbocycles. The van der Waals surface area contributed by atoms with Gasteiger partial charge in [0, 0.05) is 12.0 Å². The van der Waals surface area contributed by atoms with Gasteiger partial charge in [0.25, 0.3) is 0 Å². The second kappa shape index (κ2) is 3.71. The molecule has 3 nitrogen and oxygen atoms in total. The van der Waals surface area contributed by atoms with Gasteiger partial charge in [-0.3, -0.25) is 0 Å². The average Bonchev–Trinajstić information content (AvgIpc) is 2.09. The van der Waals surface area contributed by atoms with Crippen molar-refractivity contribution in [3.8, 4) is 0 Å². The van der Waals surface area contributed by atoms with Crippen LogP contribution in [-0.2, 0) is 11.2 Å². The molecule has 1 aromatic carbocycles. The van der Waals surface area contributed by atoms with E-state index in [4.69, 9.17) is 0 Å². The van der Waals surface area contributed by atoms with E-state index in [1.807, 2.05) is 0 Å². The van der Waals surface area contributed by atoms with Crippen LogP contribution in [0.5, 0.6) is 0 Å². The Kier molecular flexibility index (Phi) is 2.63. The molecule has 0 aliphatic rings. The molecule has 0 amide bonds. The molecule has 62 valence electrons. The smallest absolute Gasteiger partial charge is 0.129 e. The van der Waals surface area contributed by atoms with Crippen molar-refractivity contribution >= 4 is 12.0 Å². The fourth-order valence-electron chi connectivity index (χ4n) is 0.918. The molecule has 0 radical (unpaired) electrons. The standard InChI is InChI=1S/C8H6FNO2/c9-7-2-1-3-8(10-12)6(7)4-5-11/h1-3,5H,4H2. The monoisotopic (exact) mass is 167 g/mol. The van der Waals surface area contributed by atoms with Crippen molar-refractivity contribution < 1.29 is 9.18 Å². The molecule has 1 rings (SSSR count). The fourth-order valence-corrected chi connectivity index (χ4v) is 0.918. The number of hydrogen-bond acceptors (Lipinski definition) is 3. The zero-order valence-corrected chi connectivity index (χ0v) is 6.16. The Morgan fingerprint density at radius 1 is 1.50 bits per heavy atom. The first-order valence-electron chi connectivity index (χ1n) is 3.34. The van der Waals surface area contributed by atoms with Crippen LogP contribution in [0.4, 0.5) is 10.1 Å². The lowest BCUT2D eigenvalue weighted by atomic mass is 10.1. The fraction of sp³-hybridized carbons (Fsp3) is 0.125. The number of aldehydes is 1. The summed E-state index contributed by atoms with van der Waals surface area (Å²) in [5.74, 6) is -0.570. The first kappa shape index (κ1) is 8.52. The van der Waals surface area contributed by atoms with Crippen molar-refractivity contribution in [1.82, 2.24) is 0 Å². The minimum Gasteiger partial charge on any atom is -0.303 e. The third kappa shape index (κ3) is 1.53. The van der Waals surface area contributed by atoms with Gasteiger partial charge in [-0.15, -0.1) is 4.91 Å². The first-order valence-corrected chi connectivity index (χ1v) is 3.34. The Morgan fingerprint density at radius 2 is 2.25 bits per heavy atom. The molecular weight excluding hydrogens is 161 g/mol. The highest BCUT2D eigenvalue weighted by Gasteiger charge is 2.07. The van der Waals surface area contributed by atoms with Crippen molar-refractivity contribution in [1.29, 1.82) is 0 Å². The van der Waals surface area contributed by atoms with E-state index in [0.717, 1.165) is 0 Å². The maximum absolute atomic E-state index is 12.9. The van der Waals surface area contributed by atoms with Crippen LogP contribution in [0.3, 0.4) is 0 Å². The van der Waals surface area contributed by atoms with Gasteiger partial charge in [0.2, 0.25) is 0 Å². The van der Waals surface area contributed by atoms with E-state index in [1.54, 1.807) is 0 Å². The van der Waals surface area contributed by atoms with Crippen LogP contribution in [0.1, 0.15) is 5.56 Å². The van der Waals surface area contributed by atoms with Gasteiger partial charge in [-0.2, -0.15) is 0 Å². The predicted octanol–water partition coefficient (Wildman–Crippen LogP) is 1.97. The third-order valence-electron chi connectivity index (χ3n) is 1.48. The summed E-state index contributed by atoms with van der Waals surface area (Å²) in [5, 5.41) is 2.60. The van der Waals surface area contributed by atoms with Crippen molar-refractivity contribution in [2.24, 2.45) is 5.18 Å². The molecule has 4 heteroatoms. The largest absolute Gasteiger partial charge is 0.303 e. The molecule has 0 spiro atoms. The molecule has 0 fully saturated rings. The maximum Gasteiger partial charge on any atom is 0.129 e. The topological polar surface area (TPSA) is 46.5 Å². The molecule has 0 bridgehead atoms. The number of nitroso groups, excluding NO2 is 1. The van der Waals surface area contributed by atoms with Crippen LogP contribution in [-0.4, -0.2) is 6.29 Å². The number of nitrogens with zero attached hydrogens (tertiary/aromatic N) is 1. The normalized spacial score (nSPS) is 9.42. The summed E-state index contributed by atoms with van der Waals surface area (Å²) in [6.07, 6.45) is 0.417. The molecule has 0 atom stereocenters. The Labute approximate surface area is 68.2 Å². The van der Waals surface area contributed by atoms with E-state index in [0.29, 0.717) is 6.29 Å². The van der Waals surface area contributed by atoms with E-state index in [2.05, 4.69) is 5.18 Å². The lowest BCUT2D eigenvalue weighted by Crippen LogP contribution is -1.91. The van der Waals surface area contributed by atoms with Crippen LogP contribution in [0, 0.1) is 10.7 Å². The van der Waals surface area contributed by atoms with Gasteiger partial charge >= 0.3 is 0 Å². The second-order valence-corrected chi connectivity index (χ2v) is 2.20. The number of benzene rings is 1. The number of rotatable bonds is 3. The highest BCUT2D eigenvalue weighted by atomic mass is 19.1. The van der Waals surface area contributed by atoms with Gasteiger partial charge in [-0.05, 0) is 17.3 Å². The molecule has 0 saturated carbocycles. The Hall–Kier alpha value is -1.58. The average molecular weight is 167 g/mol. The second-order valence-electron chi connectivity index (χ2n) is 2.20. The zero-order chi connectivity index (χ0) is 8.97. The highest BCUT2D eigenvalue weighted by Crippen LogP contribution is 2.21. The van der Waals surface area contributed by atoms with Crippen LogP contribution in [0.2, 0.25) is 0 Å². The van der Waals surface area contributed by atoms with Gasteiger partial charge < -0.3 is 4.79 Å². The molecular formula is C8H6FNO2. The van der Waals surface area contributed by atoms with Crippen molar-refractivity contribution in [3.05, 3.63) is 34.5 Å². The van der Waals surface area contributed by atoms with Crippen molar-refractivity contribution in [2.45, 2.75) is 6.42 Å². The quantitative estimate of drug-likeness (QED) is 0.510. The molecule has 1 aromatic rings. The van der Waals surface area contributed by atoms with Crippen LogP contribution < -0.4 is 0 Å². The number of halogens is 1. The maximum atomic E-state index is 12.9. The predicted molar refractivity (Wildman–Crippen MR) is 41.6 cm³/mol. The summed E-state index contributed by atoms with van der Waals surface area (Å²) in [6, 6.07) is 3.93. The van der Waals surface area contributed by atoms with Crippen molar-refractivity contribution in [3.63, 3.8) is 0 Å². The molecule has 0 heterocycles. The summed E-state index contributed by atoms with van der Waals surface area (Å²) in [5.41, 5.74) is 0.0459. The Morgan fingerprint density at radius 3 is 2.83 bits per heavy atom. The molecule has 0 aliphatic heterocycles. The summed E-state index contributed by atoms with van der Waals surface area (Å²) in [4.78, 5) is 20.2. The Balaban J connectivity index is 3.18.